The molecule has 1 saturated carbocycles. The summed E-state index contributed by atoms with van der Waals surface area (Å²) in [7, 11) is 0. The first kappa shape index (κ1) is 11.9. The number of Topliss-reactive ketones (excluding diaryl/α,β-unsaturated/α-hetero) is 1. The summed E-state index contributed by atoms with van der Waals surface area (Å²) in [6.07, 6.45) is 0. The zero-order chi connectivity index (χ0) is 12.9. The molecule has 0 bridgehead atoms. The van der Waals surface area contributed by atoms with E-state index in [9.17, 15) is 4.79 Å². The van der Waals surface area contributed by atoms with Crippen molar-refractivity contribution in [1.82, 2.24) is 4.90 Å². The largest absolute Gasteiger partial charge is 0.293 e. The monoisotopic (exact) mass is 243 g/mol. The number of nitrogens with zero attached hydrogens (tertiary/aromatic N) is 1. The number of ketones is 1. The predicted octanol–water partition coefficient (Wildman–Crippen LogP) is 2.85. The van der Waals surface area contributed by atoms with Gasteiger partial charge in [0.2, 0.25) is 0 Å². The lowest BCUT2D eigenvalue weighted by atomic mass is 10.0. The van der Waals surface area contributed by atoms with E-state index in [1.807, 2.05) is 30.3 Å². The van der Waals surface area contributed by atoms with E-state index in [4.69, 9.17) is 0 Å². The third-order valence-corrected chi connectivity index (χ3v) is 5.11. The molecule has 3 atom stereocenters. The number of likely N-dealkylation sites (tertiary alicyclic amines) is 1. The van der Waals surface area contributed by atoms with Crippen LogP contribution in [-0.4, -0.2) is 29.8 Å². The molecule has 18 heavy (non-hydrogen) atoms. The van der Waals surface area contributed by atoms with Crippen molar-refractivity contribution in [3.8, 4) is 0 Å². The zero-order valence-corrected chi connectivity index (χ0v) is 11.4. The number of hydrogen-bond acceptors (Lipinski definition) is 2. The van der Waals surface area contributed by atoms with Gasteiger partial charge in [0.15, 0.2) is 5.78 Å². The first-order valence-electron chi connectivity index (χ1n) is 6.84. The molecule has 2 heteroatoms. The summed E-state index contributed by atoms with van der Waals surface area (Å²) in [5.41, 5.74) is 1.34. The van der Waals surface area contributed by atoms with Crippen molar-refractivity contribution >= 4 is 5.78 Å². The fraction of sp³-hybridized carbons (Fsp3) is 0.562. The van der Waals surface area contributed by atoms with Crippen LogP contribution < -0.4 is 0 Å². The van der Waals surface area contributed by atoms with E-state index < -0.39 is 0 Å². The fourth-order valence-electron chi connectivity index (χ4n) is 3.85. The Morgan fingerprint density at radius 3 is 2.56 bits per heavy atom. The molecular weight excluding hydrogens is 222 g/mol. The van der Waals surface area contributed by atoms with E-state index in [2.05, 4.69) is 25.7 Å². The second-order valence-corrected chi connectivity index (χ2v) is 6.41. The van der Waals surface area contributed by atoms with Gasteiger partial charge in [-0.15, -0.1) is 0 Å². The maximum absolute atomic E-state index is 12.2. The lowest BCUT2D eigenvalue weighted by Crippen LogP contribution is -2.37. The molecule has 2 aliphatic rings. The van der Waals surface area contributed by atoms with E-state index in [-0.39, 0.29) is 5.78 Å². The van der Waals surface area contributed by atoms with Gasteiger partial charge in [-0.3, -0.25) is 9.69 Å². The van der Waals surface area contributed by atoms with Gasteiger partial charge in [-0.2, -0.15) is 0 Å². The predicted molar refractivity (Wildman–Crippen MR) is 72.6 cm³/mol. The third kappa shape index (κ3) is 1.71. The number of rotatable bonds is 3. The number of carbonyl (C=O) groups excluding carboxylic acids is 1. The van der Waals surface area contributed by atoms with E-state index in [0.717, 1.165) is 23.9 Å². The van der Waals surface area contributed by atoms with Crippen LogP contribution in [0.3, 0.4) is 0 Å². The topological polar surface area (TPSA) is 20.3 Å². The van der Waals surface area contributed by atoms with Crippen LogP contribution in [0.2, 0.25) is 0 Å². The van der Waals surface area contributed by atoms with Gasteiger partial charge in [0.1, 0.15) is 0 Å². The van der Waals surface area contributed by atoms with Gasteiger partial charge >= 0.3 is 0 Å². The van der Waals surface area contributed by atoms with Crippen LogP contribution in [0.4, 0.5) is 0 Å². The Hall–Kier alpha value is -1.15. The van der Waals surface area contributed by atoms with Gasteiger partial charge in [-0.05, 0) is 24.2 Å². The molecule has 1 aliphatic carbocycles. The van der Waals surface area contributed by atoms with Crippen molar-refractivity contribution in [1.29, 1.82) is 0 Å². The van der Waals surface area contributed by atoms with Gasteiger partial charge in [0.05, 0.1) is 6.54 Å². The summed E-state index contributed by atoms with van der Waals surface area (Å²) < 4.78 is 0. The molecule has 1 unspecified atom stereocenters. The molecule has 1 aliphatic heterocycles. The first-order valence-corrected chi connectivity index (χ1v) is 6.84. The van der Waals surface area contributed by atoms with Gasteiger partial charge in [0, 0.05) is 18.2 Å². The molecule has 0 spiro atoms. The number of benzene rings is 1. The Bertz CT molecular complexity index is 465. The van der Waals surface area contributed by atoms with Gasteiger partial charge in [-0.25, -0.2) is 0 Å². The molecule has 96 valence electrons. The van der Waals surface area contributed by atoms with Gasteiger partial charge in [0.25, 0.3) is 0 Å². The Morgan fingerprint density at radius 2 is 2.00 bits per heavy atom. The number of hydrogen-bond donors (Lipinski definition) is 0. The Labute approximate surface area is 109 Å². The van der Waals surface area contributed by atoms with Crippen molar-refractivity contribution in [2.45, 2.75) is 26.8 Å². The maximum atomic E-state index is 12.2. The second kappa shape index (κ2) is 3.92. The van der Waals surface area contributed by atoms with E-state index >= 15 is 0 Å². The average molecular weight is 243 g/mol. The highest BCUT2D eigenvalue weighted by atomic mass is 16.1. The fourth-order valence-corrected chi connectivity index (χ4v) is 3.85. The average Bonchev–Trinajstić information content (AvgIpc) is 2.71. The van der Waals surface area contributed by atoms with Crippen LogP contribution in [0.25, 0.3) is 0 Å². The molecule has 0 radical (unpaired) electrons. The Kier molecular flexibility index (Phi) is 2.60. The quantitative estimate of drug-likeness (QED) is 0.761. The van der Waals surface area contributed by atoms with Crippen molar-refractivity contribution in [2.75, 3.05) is 13.1 Å². The summed E-state index contributed by atoms with van der Waals surface area (Å²) in [6, 6.07) is 10.2. The highest BCUT2D eigenvalue weighted by Crippen LogP contribution is 2.64. The molecular formula is C16H21NO. The summed E-state index contributed by atoms with van der Waals surface area (Å²) >= 11 is 0. The van der Waals surface area contributed by atoms with Crippen LogP contribution in [0.15, 0.2) is 30.3 Å². The molecule has 1 saturated heterocycles. The summed E-state index contributed by atoms with van der Waals surface area (Å²) in [5.74, 6) is 1.85. The molecule has 2 nitrogen and oxygen atoms in total. The van der Waals surface area contributed by atoms with E-state index in [0.29, 0.717) is 18.0 Å². The van der Waals surface area contributed by atoms with Crippen molar-refractivity contribution in [3.63, 3.8) is 0 Å². The maximum Gasteiger partial charge on any atom is 0.176 e. The van der Waals surface area contributed by atoms with Crippen LogP contribution in [0.1, 0.15) is 31.1 Å². The zero-order valence-electron chi connectivity index (χ0n) is 11.4. The summed E-state index contributed by atoms with van der Waals surface area (Å²) in [5, 5.41) is 0. The third-order valence-electron chi connectivity index (χ3n) is 5.11. The molecule has 2 fully saturated rings. The Morgan fingerprint density at radius 1 is 1.33 bits per heavy atom. The minimum absolute atomic E-state index is 0.251. The molecule has 1 aromatic carbocycles. The Balaban J connectivity index is 1.65. The van der Waals surface area contributed by atoms with Crippen LogP contribution in [0.5, 0.6) is 0 Å². The SMILES string of the molecule is C[C@@H]1[C@@H]2C(CN1CC(=O)c1ccccc1)C2(C)C. The smallest absolute Gasteiger partial charge is 0.176 e. The molecule has 0 N–H and O–H groups in total. The second-order valence-electron chi connectivity index (χ2n) is 6.41. The van der Waals surface area contributed by atoms with Crippen LogP contribution >= 0.6 is 0 Å². The number of fused-ring (bicyclic) bond motifs is 1. The number of piperidine rings is 1. The molecule has 1 heterocycles. The lowest BCUT2D eigenvalue weighted by molar-refractivity contribution is 0.0896. The minimum atomic E-state index is 0.251. The normalized spacial score (nSPS) is 33.2. The number of carbonyl (C=O) groups is 1. The van der Waals surface area contributed by atoms with E-state index in [1.165, 1.54) is 0 Å². The van der Waals surface area contributed by atoms with Crippen molar-refractivity contribution < 1.29 is 4.79 Å². The lowest BCUT2D eigenvalue weighted by Gasteiger charge is -2.27. The minimum Gasteiger partial charge on any atom is -0.293 e. The molecule has 1 aromatic rings. The van der Waals surface area contributed by atoms with Gasteiger partial charge in [-0.1, -0.05) is 44.2 Å². The standard InChI is InChI=1S/C16H21NO/c1-11-15-13(16(15,2)3)9-17(11)10-14(18)12-7-5-4-6-8-12/h4-8,11,13,15H,9-10H2,1-3H3/t11-,13?,15-/m1/s1. The van der Waals surface area contributed by atoms with Crippen molar-refractivity contribution in [3.05, 3.63) is 35.9 Å². The molecule has 0 amide bonds. The van der Waals surface area contributed by atoms with Crippen LogP contribution in [-0.2, 0) is 0 Å². The van der Waals surface area contributed by atoms with E-state index in [1.54, 1.807) is 0 Å². The highest BCUT2D eigenvalue weighted by Gasteiger charge is 2.65. The highest BCUT2D eigenvalue weighted by molar-refractivity contribution is 5.97. The van der Waals surface area contributed by atoms with Crippen LogP contribution in [0, 0.1) is 17.3 Å². The summed E-state index contributed by atoms with van der Waals surface area (Å²) in [6.45, 7) is 8.66. The molecule has 0 aromatic heterocycles. The van der Waals surface area contributed by atoms with Gasteiger partial charge < -0.3 is 0 Å². The summed E-state index contributed by atoms with van der Waals surface area (Å²) in [4.78, 5) is 14.5. The van der Waals surface area contributed by atoms with Crippen molar-refractivity contribution in [2.24, 2.45) is 17.3 Å². The first-order chi connectivity index (χ1) is 8.51. The molecule has 3 rings (SSSR count).